The van der Waals surface area contributed by atoms with Crippen LogP contribution < -0.4 is 5.73 Å². The van der Waals surface area contributed by atoms with Gasteiger partial charge in [-0.25, -0.2) is 9.97 Å². The number of fused-ring (bicyclic) bond motifs is 5. The lowest BCUT2D eigenvalue weighted by molar-refractivity contribution is 0.342. The summed E-state index contributed by atoms with van der Waals surface area (Å²) in [6.45, 7) is 2.23. The van der Waals surface area contributed by atoms with Crippen LogP contribution in [0.25, 0.3) is 11.2 Å². The molecule has 114 valence electrons. The molecule has 0 saturated heterocycles. The topological polar surface area (TPSA) is 64.9 Å². The zero-order valence-electron chi connectivity index (χ0n) is 12.9. The number of rotatable bonds is 1. The Morgan fingerprint density at radius 2 is 2.05 bits per heavy atom. The number of aromatic nitrogens is 2. The minimum Gasteiger partial charge on any atom is -0.422 e. The highest BCUT2D eigenvalue weighted by Crippen LogP contribution is 2.47. The molecule has 22 heavy (non-hydrogen) atoms. The van der Waals surface area contributed by atoms with E-state index in [-0.39, 0.29) is 0 Å². The van der Waals surface area contributed by atoms with Crippen LogP contribution in [-0.2, 0) is 6.42 Å². The summed E-state index contributed by atoms with van der Waals surface area (Å²) in [6.07, 6.45) is 9.35. The molecule has 0 amide bonds. The van der Waals surface area contributed by atoms with E-state index in [1.807, 2.05) is 0 Å². The van der Waals surface area contributed by atoms with Crippen molar-refractivity contribution in [2.24, 2.45) is 5.92 Å². The Labute approximate surface area is 129 Å². The molecule has 2 heterocycles. The summed E-state index contributed by atoms with van der Waals surface area (Å²) in [6, 6.07) is 0. The zero-order chi connectivity index (χ0) is 14.8. The molecule has 1 fully saturated rings. The van der Waals surface area contributed by atoms with Gasteiger partial charge < -0.3 is 10.2 Å². The fourth-order valence-electron chi connectivity index (χ4n) is 4.47. The lowest BCUT2D eigenvalue weighted by atomic mass is 9.71. The van der Waals surface area contributed by atoms with Crippen molar-refractivity contribution in [3.8, 4) is 0 Å². The maximum Gasteiger partial charge on any atom is 0.249 e. The first-order valence-corrected chi connectivity index (χ1v) is 8.45. The first kappa shape index (κ1) is 12.7. The van der Waals surface area contributed by atoms with Crippen molar-refractivity contribution >= 4 is 16.9 Å². The molecule has 3 aliphatic rings. The first-order chi connectivity index (χ1) is 10.7. The van der Waals surface area contributed by atoms with Crippen LogP contribution in [0.3, 0.4) is 0 Å². The van der Waals surface area contributed by atoms with Crippen LogP contribution in [0.5, 0.6) is 0 Å². The summed E-state index contributed by atoms with van der Waals surface area (Å²) in [5.74, 6) is 2.46. The van der Waals surface area contributed by atoms with E-state index >= 15 is 0 Å². The fraction of sp³-hybridized carbons (Fsp3) is 0.556. The summed E-state index contributed by atoms with van der Waals surface area (Å²) in [5.41, 5.74) is 12.7. The van der Waals surface area contributed by atoms with Crippen molar-refractivity contribution in [3.05, 3.63) is 28.8 Å². The van der Waals surface area contributed by atoms with Crippen LogP contribution in [0, 0.1) is 5.92 Å². The second-order valence-corrected chi connectivity index (χ2v) is 7.33. The van der Waals surface area contributed by atoms with E-state index in [0.717, 1.165) is 35.6 Å². The molecule has 4 heteroatoms. The molecule has 2 aromatic rings. The van der Waals surface area contributed by atoms with Gasteiger partial charge in [0.15, 0.2) is 5.52 Å². The van der Waals surface area contributed by atoms with Crippen LogP contribution in [0.1, 0.15) is 68.0 Å². The Morgan fingerprint density at radius 1 is 1.18 bits per heavy atom. The van der Waals surface area contributed by atoms with E-state index in [1.54, 1.807) is 0 Å². The molecule has 0 aliphatic heterocycles. The molecule has 2 aromatic heterocycles. The number of nitrogens with two attached hydrogens (primary N) is 1. The van der Waals surface area contributed by atoms with Gasteiger partial charge in [0.05, 0.1) is 11.4 Å². The van der Waals surface area contributed by atoms with Crippen LogP contribution in [-0.4, -0.2) is 9.97 Å². The predicted molar refractivity (Wildman–Crippen MR) is 85.7 cm³/mol. The van der Waals surface area contributed by atoms with Crippen molar-refractivity contribution < 1.29 is 4.42 Å². The monoisotopic (exact) mass is 295 g/mol. The Balaban J connectivity index is 1.67. The molecule has 1 saturated carbocycles. The number of nitrogen functional groups attached to an aromatic ring is 1. The maximum atomic E-state index is 6.51. The van der Waals surface area contributed by atoms with Gasteiger partial charge in [0, 0.05) is 11.5 Å². The molecule has 2 bridgehead atoms. The maximum absolute atomic E-state index is 6.51. The fourth-order valence-corrected chi connectivity index (χ4v) is 4.47. The first-order valence-electron chi connectivity index (χ1n) is 8.45. The summed E-state index contributed by atoms with van der Waals surface area (Å²) in [7, 11) is 0. The van der Waals surface area contributed by atoms with Crippen molar-refractivity contribution in [1.29, 1.82) is 0 Å². The Kier molecular flexibility index (Phi) is 2.50. The molecule has 0 aromatic carbocycles. The summed E-state index contributed by atoms with van der Waals surface area (Å²) < 4.78 is 5.94. The van der Waals surface area contributed by atoms with Crippen LogP contribution >= 0.6 is 0 Å². The number of nitrogens with zero attached hydrogens (tertiary/aromatic N) is 2. The number of allylic oxidation sites excluding steroid dienone is 2. The lowest BCUT2D eigenvalue weighted by Gasteiger charge is -2.34. The van der Waals surface area contributed by atoms with Gasteiger partial charge in [0.1, 0.15) is 0 Å². The second kappa shape index (κ2) is 4.34. The van der Waals surface area contributed by atoms with Gasteiger partial charge in [-0.2, -0.15) is 0 Å². The van der Waals surface area contributed by atoms with Gasteiger partial charge in [-0.05, 0) is 50.9 Å². The highest BCUT2D eigenvalue weighted by atomic mass is 16.4. The summed E-state index contributed by atoms with van der Waals surface area (Å²) in [4.78, 5) is 9.51. The molecular weight excluding hydrogens is 274 g/mol. The molecule has 0 spiro atoms. The van der Waals surface area contributed by atoms with E-state index in [4.69, 9.17) is 20.1 Å². The number of anilines is 1. The van der Waals surface area contributed by atoms with Crippen LogP contribution in [0.15, 0.2) is 16.1 Å². The average molecular weight is 295 g/mol. The number of pyridine rings is 1. The van der Waals surface area contributed by atoms with E-state index < -0.39 is 0 Å². The normalized spacial score (nSPS) is 27.4. The molecular formula is C18H21N3O. The molecule has 0 radical (unpaired) electrons. The molecule has 2 unspecified atom stereocenters. The average Bonchev–Trinajstić information content (AvgIpc) is 2.79. The van der Waals surface area contributed by atoms with E-state index in [2.05, 4.69) is 13.0 Å². The van der Waals surface area contributed by atoms with Gasteiger partial charge in [-0.3, -0.25) is 0 Å². The van der Waals surface area contributed by atoms with Gasteiger partial charge in [0.2, 0.25) is 11.6 Å². The Morgan fingerprint density at radius 3 is 2.82 bits per heavy atom. The highest BCUT2D eigenvalue weighted by Gasteiger charge is 2.34. The predicted octanol–water partition coefficient (Wildman–Crippen LogP) is 4.07. The SMILES string of the molecule is CC1=CC2Cc3nc4oc(C5CCC5)nc4c(N)c3C(C1)C2. The van der Waals surface area contributed by atoms with Crippen molar-refractivity contribution in [2.45, 2.75) is 57.3 Å². The number of hydrogen-bond acceptors (Lipinski definition) is 4. The van der Waals surface area contributed by atoms with Crippen molar-refractivity contribution in [3.63, 3.8) is 0 Å². The standard InChI is InChI=1S/C18H21N3O/c1-9-5-10-7-12(6-9)14-13(8-10)20-18-16(15(14)19)21-17(22-18)11-3-2-4-11/h5,10-12H,2-4,6-8H2,1H3,(H2,19,20). The Bertz CT molecular complexity index is 800. The minimum atomic E-state index is 0.480. The number of hydrogen-bond donors (Lipinski definition) is 1. The van der Waals surface area contributed by atoms with Gasteiger partial charge in [-0.15, -0.1) is 0 Å². The van der Waals surface area contributed by atoms with Crippen molar-refractivity contribution in [2.75, 3.05) is 5.73 Å². The lowest BCUT2D eigenvalue weighted by Crippen LogP contribution is -2.24. The van der Waals surface area contributed by atoms with Crippen LogP contribution in [0.2, 0.25) is 0 Å². The van der Waals surface area contributed by atoms with Gasteiger partial charge >= 0.3 is 0 Å². The third-order valence-electron chi connectivity index (χ3n) is 5.71. The van der Waals surface area contributed by atoms with Crippen molar-refractivity contribution in [1.82, 2.24) is 9.97 Å². The van der Waals surface area contributed by atoms with E-state index in [0.29, 0.717) is 23.5 Å². The van der Waals surface area contributed by atoms with E-state index in [1.165, 1.54) is 36.8 Å². The third-order valence-corrected chi connectivity index (χ3v) is 5.71. The molecule has 3 aliphatic carbocycles. The summed E-state index contributed by atoms with van der Waals surface area (Å²) >= 11 is 0. The third kappa shape index (κ3) is 1.70. The highest BCUT2D eigenvalue weighted by molar-refractivity contribution is 5.86. The molecule has 2 atom stereocenters. The quantitative estimate of drug-likeness (QED) is 0.805. The zero-order valence-corrected chi connectivity index (χ0v) is 12.9. The van der Waals surface area contributed by atoms with Gasteiger partial charge in [-0.1, -0.05) is 18.1 Å². The molecule has 5 rings (SSSR count). The minimum absolute atomic E-state index is 0.480. The summed E-state index contributed by atoms with van der Waals surface area (Å²) in [5, 5.41) is 0. The molecule has 4 nitrogen and oxygen atoms in total. The van der Waals surface area contributed by atoms with Gasteiger partial charge in [0.25, 0.3) is 0 Å². The second-order valence-electron chi connectivity index (χ2n) is 7.33. The van der Waals surface area contributed by atoms with E-state index in [9.17, 15) is 0 Å². The smallest absolute Gasteiger partial charge is 0.249 e. The largest absolute Gasteiger partial charge is 0.422 e. The van der Waals surface area contributed by atoms with Crippen LogP contribution in [0.4, 0.5) is 5.69 Å². The molecule has 2 N–H and O–H groups in total. The number of oxazole rings is 1. The Hall–Kier alpha value is -1.84.